The summed E-state index contributed by atoms with van der Waals surface area (Å²) in [7, 11) is -2.22. The van der Waals surface area contributed by atoms with E-state index in [-0.39, 0.29) is 0 Å². The highest BCUT2D eigenvalue weighted by atomic mass is 31.2. The van der Waals surface area contributed by atoms with Gasteiger partial charge in [-0.05, 0) is 11.5 Å². The Labute approximate surface area is 100 Å². The van der Waals surface area contributed by atoms with E-state index in [0.29, 0.717) is 5.75 Å². The molecule has 0 amide bonds. The molecule has 0 saturated carbocycles. The summed E-state index contributed by atoms with van der Waals surface area (Å²) in [6.45, 7) is 3.07. The monoisotopic (exact) mass is 252 g/mol. The lowest BCUT2D eigenvalue weighted by molar-refractivity contribution is 0.343. The minimum atomic E-state index is -2.22. The Morgan fingerprint density at radius 1 is 1.06 bits per heavy atom. The van der Waals surface area contributed by atoms with E-state index in [2.05, 4.69) is 11.1 Å². The van der Waals surface area contributed by atoms with Crippen LogP contribution in [0.3, 0.4) is 0 Å². The van der Waals surface area contributed by atoms with Gasteiger partial charge in [-0.25, -0.2) is 0 Å². The van der Waals surface area contributed by atoms with Crippen LogP contribution in [-0.2, 0) is 4.52 Å². The minimum Gasteiger partial charge on any atom is -0.507 e. The van der Waals surface area contributed by atoms with Crippen molar-refractivity contribution in [2.75, 3.05) is 0 Å². The summed E-state index contributed by atoms with van der Waals surface area (Å²) < 4.78 is 3.98. The first-order valence-corrected chi connectivity index (χ1v) is 5.94. The first-order valence-electron chi connectivity index (χ1n) is 4.77. The zero-order chi connectivity index (χ0) is 12.7. The number of phenols is 1. The van der Waals surface area contributed by atoms with E-state index in [0.717, 1.165) is 17.0 Å². The molecule has 0 bridgehead atoms. The summed E-state index contributed by atoms with van der Waals surface area (Å²) in [6.07, 6.45) is 0.978. The van der Waals surface area contributed by atoms with Crippen LogP contribution in [0.15, 0.2) is 55.3 Å². The smallest absolute Gasteiger partial charge is 0.390 e. The van der Waals surface area contributed by atoms with Crippen molar-refractivity contribution in [2.45, 2.75) is 0 Å². The maximum atomic E-state index is 9.37. The Morgan fingerprint density at radius 2 is 1.71 bits per heavy atom. The molecule has 4 nitrogen and oxygen atoms in total. The highest BCUT2D eigenvalue weighted by molar-refractivity contribution is 7.39. The van der Waals surface area contributed by atoms with Crippen molar-refractivity contribution in [1.82, 2.24) is 0 Å². The van der Waals surface area contributed by atoms with Crippen molar-refractivity contribution in [3.05, 3.63) is 55.3 Å². The van der Waals surface area contributed by atoms with Crippen LogP contribution in [0.25, 0.3) is 10.8 Å². The Bertz CT molecular complexity index is 479. The first kappa shape index (κ1) is 13.5. The van der Waals surface area contributed by atoms with Gasteiger partial charge in [0.2, 0.25) is 0 Å². The van der Waals surface area contributed by atoms with Crippen LogP contribution in [0, 0.1) is 0 Å². The second-order valence-electron chi connectivity index (χ2n) is 3.02. The van der Waals surface area contributed by atoms with E-state index in [1.54, 1.807) is 6.07 Å². The molecule has 0 aliphatic rings. The molecular formula is C12H13O4P. The Hall–Kier alpha value is -1.61. The lowest BCUT2D eigenvalue weighted by atomic mass is 10.1. The van der Waals surface area contributed by atoms with E-state index in [9.17, 15) is 5.11 Å². The van der Waals surface area contributed by atoms with Crippen LogP contribution < -0.4 is 0 Å². The fraction of sp³-hybridized carbons (Fsp3) is 0. The van der Waals surface area contributed by atoms with Crippen molar-refractivity contribution >= 4 is 19.4 Å². The second-order valence-corrected chi connectivity index (χ2v) is 3.74. The van der Waals surface area contributed by atoms with Crippen molar-refractivity contribution in [1.29, 1.82) is 0 Å². The molecule has 0 aromatic heterocycles. The Morgan fingerprint density at radius 3 is 2.24 bits per heavy atom. The molecule has 0 saturated heterocycles. The van der Waals surface area contributed by atoms with Crippen LogP contribution in [-0.4, -0.2) is 14.9 Å². The van der Waals surface area contributed by atoms with Crippen LogP contribution in [0.4, 0.5) is 0 Å². The van der Waals surface area contributed by atoms with Crippen molar-refractivity contribution in [3.8, 4) is 5.75 Å². The largest absolute Gasteiger partial charge is 0.507 e. The van der Waals surface area contributed by atoms with Crippen molar-refractivity contribution < 1.29 is 19.4 Å². The third kappa shape index (κ3) is 4.41. The van der Waals surface area contributed by atoms with E-state index in [1.807, 2.05) is 36.4 Å². The molecule has 2 aromatic rings. The number of hydrogen-bond donors (Lipinski definition) is 3. The second kappa shape index (κ2) is 6.86. The fourth-order valence-corrected chi connectivity index (χ4v) is 1.41. The number of rotatable bonds is 2. The summed E-state index contributed by atoms with van der Waals surface area (Å²) in [5.41, 5.74) is 0. The first-order chi connectivity index (χ1) is 8.15. The third-order valence-corrected chi connectivity index (χ3v) is 2.27. The zero-order valence-electron chi connectivity index (χ0n) is 9.02. The quantitative estimate of drug-likeness (QED) is 0.567. The molecule has 0 fully saturated rings. The molecule has 2 rings (SSSR count). The number of fused-ring (bicyclic) bond motifs is 1. The highest BCUT2D eigenvalue weighted by Gasteiger charge is 1.94. The average molecular weight is 252 g/mol. The molecule has 3 N–H and O–H groups in total. The number of phenolic OH excluding ortho intramolecular Hbond substituents is 1. The lowest BCUT2D eigenvalue weighted by Gasteiger charge is -1.97. The Balaban J connectivity index is 0.000000209. The molecule has 0 aliphatic heterocycles. The molecule has 0 spiro atoms. The summed E-state index contributed by atoms with van der Waals surface area (Å²) in [5.74, 6) is 0.350. The van der Waals surface area contributed by atoms with E-state index in [4.69, 9.17) is 9.79 Å². The summed E-state index contributed by atoms with van der Waals surface area (Å²) in [4.78, 5) is 15.8. The van der Waals surface area contributed by atoms with Gasteiger partial charge in [-0.1, -0.05) is 43.0 Å². The molecule has 0 radical (unpaired) electrons. The van der Waals surface area contributed by atoms with Gasteiger partial charge < -0.3 is 19.4 Å². The van der Waals surface area contributed by atoms with Gasteiger partial charge in [-0.15, -0.1) is 0 Å². The minimum absolute atomic E-state index is 0.350. The van der Waals surface area contributed by atoms with Gasteiger partial charge in [0.1, 0.15) is 5.75 Å². The predicted molar refractivity (Wildman–Crippen MR) is 68.3 cm³/mol. The van der Waals surface area contributed by atoms with Gasteiger partial charge in [-0.2, -0.15) is 0 Å². The van der Waals surface area contributed by atoms with Gasteiger partial charge in [0.25, 0.3) is 0 Å². The molecular weight excluding hydrogens is 239 g/mol. The normalized spacial score (nSPS) is 9.59. The van der Waals surface area contributed by atoms with Gasteiger partial charge >= 0.3 is 8.60 Å². The standard InChI is InChI=1S/C10H8O.C2H5O3P/c11-10-7-3-5-8-4-1-2-6-9(8)10;1-2-5-6(3)4/h1-7,11H;2-4H,1H2. The van der Waals surface area contributed by atoms with Crippen molar-refractivity contribution in [2.24, 2.45) is 0 Å². The highest BCUT2D eigenvalue weighted by Crippen LogP contribution is 2.23. The van der Waals surface area contributed by atoms with E-state index >= 15 is 0 Å². The van der Waals surface area contributed by atoms with Gasteiger partial charge in [0, 0.05) is 5.39 Å². The Kier molecular flexibility index (Phi) is 5.43. The van der Waals surface area contributed by atoms with E-state index in [1.165, 1.54) is 0 Å². The maximum Gasteiger partial charge on any atom is 0.390 e. The maximum absolute atomic E-state index is 9.37. The van der Waals surface area contributed by atoms with Gasteiger partial charge in [0.15, 0.2) is 0 Å². The molecule has 0 aliphatic carbocycles. The number of aromatic hydroxyl groups is 1. The van der Waals surface area contributed by atoms with Gasteiger partial charge in [-0.3, -0.25) is 0 Å². The molecule has 0 unspecified atom stereocenters. The molecule has 90 valence electrons. The summed E-state index contributed by atoms with van der Waals surface area (Å²) >= 11 is 0. The van der Waals surface area contributed by atoms with E-state index < -0.39 is 8.60 Å². The van der Waals surface area contributed by atoms with Crippen LogP contribution in [0.1, 0.15) is 0 Å². The van der Waals surface area contributed by atoms with Crippen molar-refractivity contribution in [3.63, 3.8) is 0 Å². The van der Waals surface area contributed by atoms with Crippen LogP contribution in [0.5, 0.6) is 5.75 Å². The molecule has 5 heteroatoms. The third-order valence-electron chi connectivity index (χ3n) is 1.94. The van der Waals surface area contributed by atoms with Crippen LogP contribution in [0.2, 0.25) is 0 Å². The molecule has 0 heterocycles. The average Bonchev–Trinajstić information content (AvgIpc) is 2.30. The SMILES string of the molecule is C=COP(O)O.Oc1cccc2ccccc12. The molecule has 2 aromatic carbocycles. The summed E-state index contributed by atoms with van der Waals surface area (Å²) in [5, 5.41) is 11.4. The number of benzene rings is 2. The lowest BCUT2D eigenvalue weighted by Crippen LogP contribution is -1.70. The molecule has 0 atom stereocenters. The van der Waals surface area contributed by atoms with Crippen LogP contribution >= 0.6 is 8.60 Å². The predicted octanol–water partition coefficient (Wildman–Crippen LogP) is 2.90. The topological polar surface area (TPSA) is 69.9 Å². The molecule has 17 heavy (non-hydrogen) atoms. The van der Waals surface area contributed by atoms with Gasteiger partial charge in [0.05, 0.1) is 6.26 Å². The fourth-order valence-electron chi connectivity index (χ4n) is 1.27. The zero-order valence-corrected chi connectivity index (χ0v) is 9.92. The number of hydrogen-bond acceptors (Lipinski definition) is 4. The summed E-state index contributed by atoms with van der Waals surface area (Å²) in [6, 6.07) is 13.3.